The molecule has 0 aliphatic carbocycles. The Balaban J connectivity index is 1.41. The summed E-state index contributed by atoms with van der Waals surface area (Å²) >= 11 is 0. The van der Waals surface area contributed by atoms with Gasteiger partial charge in [-0.05, 0) is 80.4 Å². The topological polar surface area (TPSA) is 50.4 Å². The molecule has 5 nitrogen and oxygen atoms in total. The Kier molecular flexibility index (Phi) is 5.63. The van der Waals surface area contributed by atoms with Gasteiger partial charge < -0.3 is 14.3 Å². The van der Waals surface area contributed by atoms with Crippen LogP contribution in [0.25, 0.3) is 5.69 Å². The molecule has 28 heavy (non-hydrogen) atoms. The van der Waals surface area contributed by atoms with Crippen molar-refractivity contribution in [2.45, 2.75) is 25.8 Å². The van der Waals surface area contributed by atoms with Crippen LogP contribution in [0.5, 0.6) is 0 Å². The fourth-order valence-corrected chi connectivity index (χ4v) is 3.81. The number of hydrogen-bond acceptors (Lipinski definition) is 3. The predicted molar refractivity (Wildman–Crippen MR) is 110 cm³/mol. The minimum atomic E-state index is -0.0546. The van der Waals surface area contributed by atoms with Gasteiger partial charge in [0.15, 0.2) is 0 Å². The van der Waals surface area contributed by atoms with Gasteiger partial charge in [-0.25, -0.2) is 0 Å². The fourth-order valence-electron chi connectivity index (χ4n) is 3.81. The molecule has 0 spiro atoms. The van der Waals surface area contributed by atoms with Crippen molar-refractivity contribution in [2.24, 2.45) is 5.92 Å². The number of rotatable bonds is 6. The van der Waals surface area contributed by atoms with Gasteiger partial charge in [-0.2, -0.15) is 0 Å². The van der Waals surface area contributed by atoms with E-state index in [4.69, 9.17) is 4.42 Å². The third-order valence-electron chi connectivity index (χ3n) is 5.62. The molecule has 1 amide bonds. The maximum atomic E-state index is 12.7. The van der Waals surface area contributed by atoms with Crippen molar-refractivity contribution in [3.8, 4) is 5.69 Å². The van der Waals surface area contributed by atoms with E-state index in [1.54, 1.807) is 6.26 Å². The zero-order valence-corrected chi connectivity index (χ0v) is 16.3. The number of benzene rings is 1. The SMILES string of the molecule is CC1CCN(C(CNC(=O)c2ccc(-n3cccc3)cc2)c2ccco2)CC1. The second-order valence-electron chi connectivity index (χ2n) is 7.60. The number of hydrogen-bond donors (Lipinski definition) is 1. The summed E-state index contributed by atoms with van der Waals surface area (Å²) in [6.45, 7) is 4.92. The van der Waals surface area contributed by atoms with Crippen molar-refractivity contribution in [2.75, 3.05) is 19.6 Å². The van der Waals surface area contributed by atoms with E-state index in [1.165, 1.54) is 12.8 Å². The standard InChI is InChI=1S/C23H27N3O2/c1-18-10-14-26(15-11-18)21(22-5-4-16-28-22)17-24-23(27)19-6-8-20(9-7-19)25-12-2-3-13-25/h2-9,12-13,16,18,21H,10-11,14-15,17H2,1H3,(H,24,27). The number of carbonyl (C=O) groups excluding carboxylic acids is 1. The van der Waals surface area contributed by atoms with Crippen LogP contribution in [0.2, 0.25) is 0 Å². The summed E-state index contributed by atoms with van der Waals surface area (Å²) in [7, 11) is 0. The molecule has 3 aromatic rings. The monoisotopic (exact) mass is 377 g/mol. The van der Waals surface area contributed by atoms with Crippen LogP contribution in [0.1, 0.15) is 41.9 Å². The van der Waals surface area contributed by atoms with Crippen LogP contribution in [-0.2, 0) is 0 Å². The van der Waals surface area contributed by atoms with E-state index < -0.39 is 0 Å². The molecule has 1 aliphatic rings. The van der Waals surface area contributed by atoms with Crippen molar-refractivity contribution in [3.05, 3.63) is 78.5 Å². The number of nitrogens with one attached hydrogen (secondary N) is 1. The third kappa shape index (κ3) is 4.20. The highest BCUT2D eigenvalue weighted by atomic mass is 16.3. The van der Waals surface area contributed by atoms with Crippen molar-refractivity contribution in [3.63, 3.8) is 0 Å². The lowest BCUT2D eigenvalue weighted by molar-refractivity contribution is 0.0895. The maximum absolute atomic E-state index is 12.7. The van der Waals surface area contributed by atoms with Gasteiger partial charge in [-0.3, -0.25) is 9.69 Å². The molecule has 1 aliphatic heterocycles. The van der Waals surface area contributed by atoms with E-state index in [9.17, 15) is 4.79 Å². The Morgan fingerprint density at radius 3 is 2.46 bits per heavy atom. The van der Waals surface area contributed by atoms with E-state index in [2.05, 4.69) is 17.1 Å². The van der Waals surface area contributed by atoms with Crippen molar-refractivity contribution in [1.29, 1.82) is 0 Å². The van der Waals surface area contributed by atoms with Crippen molar-refractivity contribution >= 4 is 5.91 Å². The molecule has 1 aromatic carbocycles. The molecule has 4 rings (SSSR count). The number of likely N-dealkylation sites (tertiary alicyclic amines) is 1. The Labute approximate surface area is 166 Å². The van der Waals surface area contributed by atoms with E-state index >= 15 is 0 Å². The molecule has 2 aromatic heterocycles. The first-order chi connectivity index (χ1) is 13.7. The molecule has 1 saturated heterocycles. The van der Waals surface area contributed by atoms with Gasteiger partial charge in [0, 0.05) is 30.2 Å². The summed E-state index contributed by atoms with van der Waals surface area (Å²) in [6, 6.07) is 15.6. The Morgan fingerprint density at radius 2 is 1.82 bits per heavy atom. The minimum Gasteiger partial charge on any atom is -0.468 e. The quantitative estimate of drug-likeness (QED) is 0.698. The van der Waals surface area contributed by atoms with Gasteiger partial charge in [-0.15, -0.1) is 0 Å². The lowest BCUT2D eigenvalue weighted by Gasteiger charge is -2.35. The van der Waals surface area contributed by atoms with Gasteiger partial charge >= 0.3 is 0 Å². The number of amides is 1. The van der Waals surface area contributed by atoms with Crippen LogP contribution in [0.15, 0.2) is 71.6 Å². The van der Waals surface area contributed by atoms with Gasteiger partial charge in [0.05, 0.1) is 12.3 Å². The molecule has 146 valence electrons. The molecule has 0 bridgehead atoms. The predicted octanol–water partition coefficient (Wildman–Crippen LogP) is 4.27. The first-order valence-corrected chi connectivity index (χ1v) is 10.00. The second kappa shape index (κ2) is 8.48. The van der Waals surface area contributed by atoms with E-state index in [0.29, 0.717) is 12.1 Å². The highest BCUT2D eigenvalue weighted by molar-refractivity contribution is 5.94. The van der Waals surface area contributed by atoms with Crippen LogP contribution in [0.4, 0.5) is 0 Å². The van der Waals surface area contributed by atoms with Gasteiger partial charge in [0.1, 0.15) is 5.76 Å². The molecule has 5 heteroatoms. The summed E-state index contributed by atoms with van der Waals surface area (Å²) in [5, 5.41) is 3.10. The smallest absolute Gasteiger partial charge is 0.251 e. The molecular weight excluding hydrogens is 350 g/mol. The summed E-state index contributed by atoms with van der Waals surface area (Å²) < 4.78 is 7.69. The average molecular weight is 377 g/mol. The molecule has 1 N–H and O–H groups in total. The number of furan rings is 1. The lowest BCUT2D eigenvalue weighted by atomic mass is 9.97. The van der Waals surface area contributed by atoms with Crippen LogP contribution in [0.3, 0.4) is 0 Å². The third-order valence-corrected chi connectivity index (χ3v) is 5.62. The molecule has 0 radical (unpaired) electrons. The summed E-state index contributed by atoms with van der Waals surface area (Å²) in [4.78, 5) is 15.1. The van der Waals surface area contributed by atoms with Crippen LogP contribution >= 0.6 is 0 Å². The Hall–Kier alpha value is -2.79. The molecule has 1 unspecified atom stereocenters. The maximum Gasteiger partial charge on any atom is 0.251 e. The van der Waals surface area contributed by atoms with Crippen LogP contribution in [0, 0.1) is 5.92 Å². The first-order valence-electron chi connectivity index (χ1n) is 10.00. The number of carbonyl (C=O) groups is 1. The number of aromatic nitrogens is 1. The van der Waals surface area contributed by atoms with Gasteiger partial charge in [-0.1, -0.05) is 6.92 Å². The van der Waals surface area contributed by atoms with Crippen molar-refractivity contribution < 1.29 is 9.21 Å². The highest BCUT2D eigenvalue weighted by Crippen LogP contribution is 2.26. The van der Waals surface area contributed by atoms with E-state index in [-0.39, 0.29) is 11.9 Å². The number of piperidine rings is 1. The molecule has 3 heterocycles. The molecule has 1 atom stereocenters. The van der Waals surface area contributed by atoms with E-state index in [0.717, 1.165) is 30.5 Å². The average Bonchev–Trinajstić information content (AvgIpc) is 3.44. The van der Waals surface area contributed by atoms with Crippen molar-refractivity contribution in [1.82, 2.24) is 14.8 Å². The summed E-state index contributed by atoms with van der Waals surface area (Å²) in [5.41, 5.74) is 1.71. The van der Waals surface area contributed by atoms with Crippen LogP contribution in [-0.4, -0.2) is 35.0 Å². The van der Waals surface area contributed by atoms with Gasteiger partial charge in [0.2, 0.25) is 0 Å². The normalized spacial score (nSPS) is 16.8. The largest absolute Gasteiger partial charge is 0.468 e. The summed E-state index contributed by atoms with van der Waals surface area (Å²) in [5.74, 6) is 1.63. The summed E-state index contributed by atoms with van der Waals surface area (Å²) in [6.07, 6.45) is 8.06. The highest BCUT2D eigenvalue weighted by Gasteiger charge is 2.27. The lowest BCUT2D eigenvalue weighted by Crippen LogP contribution is -2.41. The second-order valence-corrected chi connectivity index (χ2v) is 7.60. The fraction of sp³-hybridized carbons (Fsp3) is 0.348. The zero-order chi connectivity index (χ0) is 19.3. The van der Waals surface area contributed by atoms with E-state index in [1.807, 2.05) is 65.5 Å². The molecular formula is C23H27N3O2. The Morgan fingerprint density at radius 1 is 1.11 bits per heavy atom. The zero-order valence-electron chi connectivity index (χ0n) is 16.3. The van der Waals surface area contributed by atoms with Gasteiger partial charge in [0.25, 0.3) is 5.91 Å². The number of nitrogens with zero attached hydrogens (tertiary/aromatic N) is 2. The van der Waals surface area contributed by atoms with Crippen LogP contribution < -0.4 is 5.32 Å². The molecule has 0 saturated carbocycles. The first kappa shape index (κ1) is 18.6. The minimum absolute atomic E-state index is 0.0546. The molecule has 1 fully saturated rings. The Bertz CT molecular complexity index is 861.